The van der Waals surface area contributed by atoms with E-state index in [2.05, 4.69) is 86.4 Å². The number of hydrogen-bond donors (Lipinski definition) is 1. The Bertz CT molecular complexity index is 582. The van der Waals surface area contributed by atoms with Crippen molar-refractivity contribution < 1.29 is 0 Å². The lowest BCUT2D eigenvalue weighted by atomic mass is 9.91. The van der Waals surface area contributed by atoms with Gasteiger partial charge in [0.25, 0.3) is 0 Å². The molecule has 0 spiro atoms. The van der Waals surface area contributed by atoms with Gasteiger partial charge in [0, 0.05) is 37.8 Å². The fourth-order valence-corrected chi connectivity index (χ4v) is 4.03. The number of benzene rings is 1. The summed E-state index contributed by atoms with van der Waals surface area (Å²) in [4.78, 5) is 3.70. The monoisotopic (exact) mass is 430 g/mol. The minimum atomic E-state index is -0.0513. The largest absolute Gasteiger partial charge is 0.329 e. The Morgan fingerprint density at radius 3 is 2.38 bits per heavy atom. The van der Waals surface area contributed by atoms with Gasteiger partial charge in [-0.1, -0.05) is 28.1 Å². The lowest BCUT2D eigenvalue weighted by Gasteiger charge is -2.38. The molecule has 1 heterocycles. The number of nitrogens with zero attached hydrogens (tertiary/aromatic N) is 1. The summed E-state index contributed by atoms with van der Waals surface area (Å²) in [6, 6.07) is 10.7. The molecule has 2 rings (SSSR count). The van der Waals surface area contributed by atoms with Gasteiger partial charge in [0.1, 0.15) is 0 Å². The summed E-state index contributed by atoms with van der Waals surface area (Å²) in [5, 5.41) is 2.12. The quantitative estimate of drug-likeness (QED) is 0.720. The predicted molar refractivity (Wildman–Crippen MR) is 98.8 cm³/mol. The zero-order valence-electron chi connectivity index (χ0n) is 12.3. The van der Waals surface area contributed by atoms with E-state index in [1.54, 1.807) is 11.3 Å². The van der Waals surface area contributed by atoms with Gasteiger partial charge in [0.05, 0.1) is 0 Å². The zero-order chi connectivity index (χ0) is 15.5. The number of thiophene rings is 1. The van der Waals surface area contributed by atoms with Gasteiger partial charge < -0.3 is 5.73 Å². The molecule has 2 N–H and O–H groups in total. The van der Waals surface area contributed by atoms with Crippen LogP contribution in [0.2, 0.25) is 0 Å². The highest BCUT2D eigenvalue weighted by Crippen LogP contribution is 2.26. The van der Waals surface area contributed by atoms with Crippen molar-refractivity contribution in [1.29, 1.82) is 0 Å². The molecule has 1 aromatic carbocycles. The molecule has 2 aromatic rings. The maximum atomic E-state index is 6.09. The van der Waals surface area contributed by atoms with E-state index in [1.807, 2.05) is 0 Å². The molecule has 0 saturated carbocycles. The van der Waals surface area contributed by atoms with Crippen molar-refractivity contribution >= 4 is 43.2 Å². The molecule has 0 bridgehead atoms. The van der Waals surface area contributed by atoms with Gasteiger partial charge in [-0.2, -0.15) is 0 Å². The predicted octanol–water partition coefficient (Wildman–Crippen LogP) is 4.67. The number of nitrogens with two attached hydrogens (primary N) is 1. The van der Waals surface area contributed by atoms with Crippen molar-refractivity contribution in [3.8, 4) is 0 Å². The summed E-state index contributed by atoms with van der Waals surface area (Å²) in [5.74, 6) is 0. The van der Waals surface area contributed by atoms with Gasteiger partial charge in [-0.15, -0.1) is 11.3 Å². The van der Waals surface area contributed by atoms with E-state index in [9.17, 15) is 0 Å². The van der Waals surface area contributed by atoms with Crippen LogP contribution in [0.15, 0.2) is 44.7 Å². The Hall–Kier alpha value is -0.200. The molecule has 0 aliphatic rings. The molecule has 0 amide bonds. The first kappa shape index (κ1) is 17.2. The Balaban J connectivity index is 2.09. The number of halogens is 2. The summed E-state index contributed by atoms with van der Waals surface area (Å²) in [7, 11) is 2.15. The van der Waals surface area contributed by atoms with E-state index in [-0.39, 0.29) is 5.54 Å². The number of rotatable bonds is 6. The maximum Gasteiger partial charge on any atom is 0.0344 e. The van der Waals surface area contributed by atoms with Crippen LogP contribution in [-0.2, 0) is 13.0 Å². The van der Waals surface area contributed by atoms with Crippen molar-refractivity contribution in [2.45, 2.75) is 25.4 Å². The summed E-state index contributed by atoms with van der Waals surface area (Å²) >= 11 is 8.77. The van der Waals surface area contributed by atoms with Gasteiger partial charge in [0.2, 0.25) is 0 Å². The van der Waals surface area contributed by atoms with Crippen LogP contribution >= 0.6 is 43.2 Å². The molecule has 0 aliphatic carbocycles. The molecular weight excluding hydrogens is 412 g/mol. The van der Waals surface area contributed by atoms with Crippen LogP contribution in [0.1, 0.15) is 17.4 Å². The molecule has 5 heteroatoms. The Kier molecular flexibility index (Phi) is 6.03. The third-order valence-electron chi connectivity index (χ3n) is 3.87. The second-order valence-electron chi connectivity index (χ2n) is 5.59. The fraction of sp³-hybridized carbons (Fsp3) is 0.375. The maximum absolute atomic E-state index is 6.09. The average Bonchev–Trinajstić information content (AvgIpc) is 2.86. The second-order valence-corrected chi connectivity index (χ2v) is 8.42. The van der Waals surface area contributed by atoms with Crippen LogP contribution in [0.5, 0.6) is 0 Å². The molecule has 0 saturated heterocycles. The highest BCUT2D eigenvalue weighted by molar-refractivity contribution is 9.10. The van der Waals surface area contributed by atoms with E-state index in [4.69, 9.17) is 5.73 Å². The zero-order valence-corrected chi connectivity index (χ0v) is 16.3. The van der Waals surface area contributed by atoms with Gasteiger partial charge in [-0.05, 0) is 60.1 Å². The smallest absolute Gasteiger partial charge is 0.0344 e. The Morgan fingerprint density at radius 2 is 1.86 bits per heavy atom. The topological polar surface area (TPSA) is 29.3 Å². The molecule has 0 radical (unpaired) electrons. The normalized spacial score (nSPS) is 14.4. The van der Waals surface area contributed by atoms with Crippen LogP contribution in [0.25, 0.3) is 0 Å². The minimum absolute atomic E-state index is 0.0513. The highest BCUT2D eigenvalue weighted by atomic mass is 79.9. The van der Waals surface area contributed by atoms with Crippen LogP contribution in [0.4, 0.5) is 0 Å². The molecule has 2 nitrogen and oxygen atoms in total. The second kappa shape index (κ2) is 7.38. The van der Waals surface area contributed by atoms with E-state index in [0.29, 0.717) is 6.54 Å². The standard InChI is InChI=1S/C16H20Br2N2S/c1-16(11-19,8-12-3-5-13(17)6-4-12)20(2)9-15-7-14(18)10-21-15/h3-7,10H,8-9,11,19H2,1-2H3. The summed E-state index contributed by atoms with van der Waals surface area (Å²) in [5.41, 5.74) is 7.35. The fourth-order valence-electron chi connectivity index (χ4n) is 2.27. The average molecular weight is 432 g/mol. The van der Waals surface area contributed by atoms with Gasteiger partial charge >= 0.3 is 0 Å². The van der Waals surface area contributed by atoms with Gasteiger partial charge in [-0.3, -0.25) is 4.90 Å². The Labute approximate surface area is 147 Å². The highest BCUT2D eigenvalue weighted by Gasteiger charge is 2.28. The van der Waals surface area contributed by atoms with Crippen molar-refractivity contribution in [3.63, 3.8) is 0 Å². The van der Waals surface area contributed by atoms with Gasteiger partial charge in [-0.25, -0.2) is 0 Å². The van der Waals surface area contributed by atoms with Crippen LogP contribution < -0.4 is 5.73 Å². The molecule has 0 aliphatic heterocycles. The molecule has 1 aromatic heterocycles. The summed E-state index contributed by atoms with van der Waals surface area (Å²) in [6.45, 7) is 3.78. The first-order chi connectivity index (χ1) is 9.93. The number of hydrogen-bond acceptors (Lipinski definition) is 3. The third kappa shape index (κ3) is 4.63. The van der Waals surface area contributed by atoms with Crippen molar-refractivity contribution in [2.75, 3.05) is 13.6 Å². The Morgan fingerprint density at radius 1 is 1.19 bits per heavy atom. The van der Waals surface area contributed by atoms with Crippen molar-refractivity contribution in [1.82, 2.24) is 4.90 Å². The molecule has 114 valence electrons. The summed E-state index contributed by atoms with van der Waals surface area (Å²) in [6.07, 6.45) is 0.944. The lowest BCUT2D eigenvalue weighted by molar-refractivity contribution is 0.137. The van der Waals surface area contributed by atoms with Crippen LogP contribution in [0, 0.1) is 0 Å². The van der Waals surface area contributed by atoms with E-state index < -0.39 is 0 Å². The lowest BCUT2D eigenvalue weighted by Crippen LogP contribution is -2.50. The molecule has 21 heavy (non-hydrogen) atoms. The SMILES string of the molecule is CN(Cc1cc(Br)cs1)C(C)(CN)Cc1ccc(Br)cc1. The first-order valence-electron chi connectivity index (χ1n) is 6.81. The number of likely N-dealkylation sites (N-methyl/N-ethyl adjacent to an activating group) is 1. The minimum Gasteiger partial charge on any atom is -0.329 e. The molecular formula is C16H20Br2N2S. The van der Waals surface area contributed by atoms with Gasteiger partial charge in [0.15, 0.2) is 0 Å². The van der Waals surface area contributed by atoms with E-state index in [1.165, 1.54) is 10.4 Å². The van der Waals surface area contributed by atoms with E-state index >= 15 is 0 Å². The third-order valence-corrected chi connectivity index (χ3v) is 6.09. The first-order valence-corrected chi connectivity index (χ1v) is 9.28. The summed E-state index contributed by atoms with van der Waals surface area (Å²) < 4.78 is 2.26. The van der Waals surface area contributed by atoms with Crippen molar-refractivity contribution in [2.24, 2.45) is 5.73 Å². The molecule has 1 atom stereocenters. The van der Waals surface area contributed by atoms with Crippen molar-refractivity contribution in [3.05, 3.63) is 55.1 Å². The molecule has 1 unspecified atom stereocenters. The van der Waals surface area contributed by atoms with Crippen LogP contribution in [-0.4, -0.2) is 24.0 Å². The van der Waals surface area contributed by atoms with Crippen LogP contribution in [0.3, 0.4) is 0 Å². The molecule has 0 fully saturated rings. The van der Waals surface area contributed by atoms with E-state index in [0.717, 1.165) is 21.9 Å².